The van der Waals surface area contributed by atoms with Crippen molar-refractivity contribution >= 4 is 5.91 Å². The van der Waals surface area contributed by atoms with Gasteiger partial charge in [0.25, 0.3) is 5.89 Å². The molecule has 14 heavy (non-hydrogen) atoms. The van der Waals surface area contributed by atoms with Crippen LogP contribution in [0.3, 0.4) is 0 Å². The second-order valence-corrected chi connectivity index (χ2v) is 3.58. The lowest BCUT2D eigenvalue weighted by atomic mass is 10.2. The molecule has 0 saturated heterocycles. The van der Waals surface area contributed by atoms with Gasteiger partial charge in [-0.1, -0.05) is 0 Å². The predicted molar refractivity (Wildman–Crippen MR) is 49.6 cm³/mol. The van der Waals surface area contributed by atoms with Crippen LogP contribution in [0.25, 0.3) is 0 Å². The van der Waals surface area contributed by atoms with Gasteiger partial charge in [0, 0.05) is 12.1 Å². The first-order valence-corrected chi connectivity index (χ1v) is 4.71. The minimum atomic E-state index is -0.255. The quantitative estimate of drug-likeness (QED) is 0.710. The molecular weight excluding hydrogens is 182 g/mol. The van der Waals surface area contributed by atoms with Gasteiger partial charge in [-0.05, 0) is 19.3 Å². The Kier molecular flexibility index (Phi) is 2.49. The van der Waals surface area contributed by atoms with Crippen LogP contribution in [0.4, 0.5) is 0 Å². The highest BCUT2D eigenvalue weighted by molar-refractivity contribution is 5.89. The minimum Gasteiger partial charge on any atom is -0.441 e. The molecule has 2 atom stereocenters. The summed E-state index contributed by atoms with van der Waals surface area (Å²) >= 11 is 0. The molecule has 1 amide bonds. The zero-order chi connectivity index (χ0) is 9.97. The highest BCUT2D eigenvalue weighted by Crippen LogP contribution is 2.17. The molecular formula is C9H13N3O2. The van der Waals surface area contributed by atoms with Crippen molar-refractivity contribution < 1.29 is 9.21 Å². The third kappa shape index (κ3) is 1.93. The molecule has 1 aromatic heterocycles. The molecule has 0 aromatic carbocycles. The number of hydrogen-bond donors (Lipinski definition) is 2. The summed E-state index contributed by atoms with van der Waals surface area (Å²) in [5.74, 6) is -0.139. The molecule has 3 N–H and O–H groups in total. The van der Waals surface area contributed by atoms with Crippen molar-refractivity contribution in [3.63, 3.8) is 0 Å². The summed E-state index contributed by atoms with van der Waals surface area (Å²) in [4.78, 5) is 15.2. The van der Waals surface area contributed by atoms with Gasteiger partial charge in [-0.2, -0.15) is 0 Å². The highest BCUT2D eigenvalue weighted by atomic mass is 16.3. The number of nitrogens with one attached hydrogen (secondary N) is 1. The molecule has 5 heteroatoms. The third-order valence-corrected chi connectivity index (χ3v) is 2.43. The van der Waals surface area contributed by atoms with E-state index in [-0.39, 0.29) is 23.9 Å². The highest BCUT2D eigenvalue weighted by Gasteiger charge is 2.24. The Morgan fingerprint density at radius 3 is 3.07 bits per heavy atom. The van der Waals surface area contributed by atoms with Crippen molar-refractivity contribution in [2.75, 3.05) is 0 Å². The molecule has 1 aliphatic carbocycles. The van der Waals surface area contributed by atoms with Gasteiger partial charge >= 0.3 is 5.91 Å². The fourth-order valence-electron chi connectivity index (χ4n) is 1.73. The minimum absolute atomic E-state index is 0.116. The first kappa shape index (κ1) is 9.21. The molecule has 76 valence electrons. The van der Waals surface area contributed by atoms with E-state index in [2.05, 4.69) is 10.3 Å². The van der Waals surface area contributed by atoms with E-state index < -0.39 is 0 Å². The van der Waals surface area contributed by atoms with Crippen molar-refractivity contribution in [2.24, 2.45) is 5.73 Å². The first-order valence-electron chi connectivity index (χ1n) is 4.71. The van der Waals surface area contributed by atoms with E-state index in [0.717, 1.165) is 19.3 Å². The van der Waals surface area contributed by atoms with Crippen molar-refractivity contribution in [1.29, 1.82) is 0 Å². The van der Waals surface area contributed by atoms with Crippen molar-refractivity contribution in [3.8, 4) is 0 Å². The number of rotatable bonds is 2. The number of nitrogens with zero attached hydrogens (tertiary/aromatic N) is 1. The number of carbonyl (C=O) groups excluding carboxylic acids is 1. The van der Waals surface area contributed by atoms with Crippen molar-refractivity contribution in [2.45, 2.75) is 31.3 Å². The lowest BCUT2D eigenvalue weighted by Gasteiger charge is -2.09. The molecule has 1 fully saturated rings. The SMILES string of the molecule is NC1CCC(NC(=O)c2ncco2)C1. The molecule has 5 nitrogen and oxygen atoms in total. The second kappa shape index (κ2) is 3.79. The fourth-order valence-corrected chi connectivity index (χ4v) is 1.73. The van der Waals surface area contributed by atoms with Gasteiger partial charge in [0.2, 0.25) is 0 Å². The summed E-state index contributed by atoms with van der Waals surface area (Å²) in [5.41, 5.74) is 5.73. The average molecular weight is 195 g/mol. The Bertz CT molecular complexity index is 310. The Balaban J connectivity index is 1.89. The Morgan fingerprint density at radius 2 is 2.50 bits per heavy atom. The van der Waals surface area contributed by atoms with E-state index in [4.69, 9.17) is 10.2 Å². The van der Waals surface area contributed by atoms with Gasteiger partial charge < -0.3 is 15.5 Å². The Labute approximate surface area is 81.7 Å². The van der Waals surface area contributed by atoms with Crippen molar-refractivity contribution in [1.82, 2.24) is 10.3 Å². The number of hydrogen-bond acceptors (Lipinski definition) is 4. The number of amides is 1. The van der Waals surface area contributed by atoms with E-state index in [1.54, 1.807) is 0 Å². The molecule has 1 heterocycles. The average Bonchev–Trinajstić information content (AvgIpc) is 2.75. The van der Waals surface area contributed by atoms with Crippen LogP contribution in [0.2, 0.25) is 0 Å². The number of aromatic nitrogens is 1. The van der Waals surface area contributed by atoms with Crippen LogP contribution < -0.4 is 11.1 Å². The maximum absolute atomic E-state index is 11.5. The van der Waals surface area contributed by atoms with E-state index in [9.17, 15) is 4.79 Å². The number of nitrogens with two attached hydrogens (primary N) is 1. The van der Waals surface area contributed by atoms with E-state index in [1.807, 2.05) is 0 Å². The monoisotopic (exact) mass is 195 g/mol. The lowest BCUT2D eigenvalue weighted by Crippen LogP contribution is -2.34. The maximum atomic E-state index is 11.5. The molecule has 1 saturated carbocycles. The Hall–Kier alpha value is -1.36. The van der Waals surface area contributed by atoms with Crippen LogP contribution >= 0.6 is 0 Å². The zero-order valence-electron chi connectivity index (χ0n) is 7.77. The van der Waals surface area contributed by atoms with Crippen LogP contribution in [0.5, 0.6) is 0 Å². The third-order valence-electron chi connectivity index (χ3n) is 2.43. The van der Waals surface area contributed by atoms with Crippen molar-refractivity contribution in [3.05, 3.63) is 18.4 Å². The van der Waals surface area contributed by atoms with Crippen LogP contribution in [0.15, 0.2) is 16.9 Å². The fraction of sp³-hybridized carbons (Fsp3) is 0.556. The molecule has 0 spiro atoms. The summed E-state index contributed by atoms with van der Waals surface area (Å²) in [6.45, 7) is 0. The van der Waals surface area contributed by atoms with Gasteiger partial charge in [-0.15, -0.1) is 0 Å². The van der Waals surface area contributed by atoms with E-state index in [0.29, 0.717) is 0 Å². The Morgan fingerprint density at radius 1 is 1.64 bits per heavy atom. The molecule has 2 unspecified atom stereocenters. The molecule has 0 radical (unpaired) electrons. The smallest absolute Gasteiger partial charge is 0.307 e. The zero-order valence-corrected chi connectivity index (χ0v) is 7.77. The van der Waals surface area contributed by atoms with Gasteiger partial charge in [-0.3, -0.25) is 4.79 Å². The largest absolute Gasteiger partial charge is 0.441 e. The lowest BCUT2D eigenvalue weighted by molar-refractivity contribution is 0.0902. The van der Waals surface area contributed by atoms with E-state index >= 15 is 0 Å². The topological polar surface area (TPSA) is 81.1 Å². The molecule has 0 aliphatic heterocycles. The summed E-state index contributed by atoms with van der Waals surface area (Å²) < 4.78 is 4.88. The van der Waals surface area contributed by atoms with Gasteiger partial charge in [0.05, 0.1) is 6.20 Å². The molecule has 2 rings (SSSR count). The van der Waals surface area contributed by atoms with Crippen LogP contribution in [0, 0.1) is 0 Å². The van der Waals surface area contributed by atoms with Gasteiger partial charge in [0.1, 0.15) is 6.26 Å². The summed E-state index contributed by atoms with van der Waals surface area (Å²) in [6.07, 6.45) is 5.58. The van der Waals surface area contributed by atoms with E-state index in [1.165, 1.54) is 12.5 Å². The van der Waals surface area contributed by atoms with Gasteiger partial charge in [-0.25, -0.2) is 4.98 Å². The molecule has 1 aliphatic rings. The summed E-state index contributed by atoms with van der Waals surface area (Å²) in [7, 11) is 0. The summed E-state index contributed by atoms with van der Waals surface area (Å²) in [5, 5.41) is 2.84. The maximum Gasteiger partial charge on any atom is 0.307 e. The predicted octanol–water partition coefficient (Wildman–Crippen LogP) is 0.284. The standard InChI is InChI=1S/C9H13N3O2/c10-6-1-2-7(5-6)12-8(13)9-11-3-4-14-9/h3-4,6-7H,1-2,5,10H2,(H,12,13). The number of carbonyl (C=O) groups is 1. The van der Waals surface area contributed by atoms with Crippen LogP contribution in [0.1, 0.15) is 29.9 Å². The van der Waals surface area contributed by atoms with Crippen LogP contribution in [-0.2, 0) is 0 Å². The first-order chi connectivity index (χ1) is 6.75. The van der Waals surface area contributed by atoms with Gasteiger partial charge in [0.15, 0.2) is 0 Å². The second-order valence-electron chi connectivity index (χ2n) is 3.58. The normalized spacial score (nSPS) is 26.4. The number of oxazole rings is 1. The molecule has 0 bridgehead atoms. The van der Waals surface area contributed by atoms with Crippen LogP contribution in [-0.4, -0.2) is 23.0 Å². The molecule has 1 aromatic rings. The summed E-state index contributed by atoms with van der Waals surface area (Å²) in [6, 6.07) is 0.384.